The van der Waals surface area contributed by atoms with Crippen molar-refractivity contribution in [3.63, 3.8) is 0 Å². The third-order valence-electron chi connectivity index (χ3n) is 1.48. The van der Waals surface area contributed by atoms with Crippen LogP contribution in [-0.4, -0.2) is 6.36 Å². The van der Waals surface area contributed by atoms with Gasteiger partial charge in [0.2, 0.25) is 0 Å². The average molecular weight is 237 g/mol. The second-order valence-electron chi connectivity index (χ2n) is 2.50. The van der Waals surface area contributed by atoms with Gasteiger partial charge in [-0.25, -0.2) is 0 Å². The van der Waals surface area contributed by atoms with Gasteiger partial charge >= 0.3 is 6.36 Å². The third-order valence-corrected chi connectivity index (χ3v) is 1.85. The predicted molar refractivity (Wildman–Crippen MR) is 47.3 cm³/mol. The molecule has 0 spiro atoms. The first-order chi connectivity index (χ1) is 6.85. The Morgan fingerprint density at radius 3 is 2.47 bits per heavy atom. The maximum atomic E-state index is 11.9. The molecule has 80 valence electrons. The maximum absolute atomic E-state index is 11.9. The van der Waals surface area contributed by atoms with Gasteiger partial charge in [0.05, 0.1) is 11.3 Å². The lowest BCUT2D eigenvalue weighted by molar-refractivity contribution is -0.274. The lowest BCUT2D eigenvalue weighted by atomic mass is 10.2. The molecule has 0 bridgehead atoms. The molecule has 0 heterocycles. The summed E-state index contributed by atoms with van der Waals surface area (Å²) in [5.41, 5.74) is 5.08. The van der Waals surface area contributed by atoms with E-state index >= 15 is 0 Å². The molecule has 0 aliphatic carbocycles. The minimum absolute atomic E-state index is 0.00276. The highest BCUT2D eigenvalue weighted by atomic mass is 35.5. The van der Waals surface area contributed by atoms with Gasteiger partial charge in [0.1, 0.15) is 16.8 Å². The quantitative estimate of drug-likeness (QED) is 0.763. The van der Waals surface area contributed by atoms with Crippen LogP contribution in [0.2, 0.25) is 5.02 Å². The summed E-state index contributed by atoms with van der Waals surface area (Å²) in [4.78, 5) is 0. The molecular weight excluding hydrogens is 233 g/mol. The van der Waals surface area contributed by atoms with Gasteiger partial charge in [-0.1, -0.05) is 11.6 Å². The summed E-state index contributed by atoms with van der Waals surface area (Å²) in [5.74, 6) is -0.644. The number of hydrogen-bond donors (Lipinski definition) is 1. The minimum Gasteiger partial charge on any atom is -0.404 e. The van der Waals surface area contributed by atoms with Crippen LogP contribution in [0.25, 0.3) is 0 Å². The molecule has 7 heteroatoms. The van der Waals surface area contributed by atoms with Crippen molar-refractivity contribution in [2.45, 2.75) is 6.36 Å². The van der Waals surface area contributed by atoms with E-state index in [2.05, 4.69) is 4.74 Å². The van der Waals surface area contributed by atoms with Gasteiger partial charge in [0.25, 0.3) is 0 Å². The molecule has 1 aromatic rings. The predicted octanol–water partition coefficient (Wildman–Crippen LogP) is 2.69. The van der Waals surface area contributed by atoms with E-state index in [1.807, 2.05) is 0 Å². The van der Waals surface area contributed by atoms with E-state index in [1.165, 1.54) is 0 Å². The molecule has 15 heavy (non-hydrogen) atoms. The van der Waals surface area contributed by atoms with Gasteiger partial charge in [-0.05, 0) is 12.1 Å². The number of nitrogens with zero attached hydrogens (tertiary/aromatic N) is 1. The minimum atomic E-state index is -4.85. The Hall–Kier alpha value is -1.61. The van der Waals surface area contributed by atoms with Crippen LogP contribution >= 0.6 is 11.6 Å². The normalized spacial score (nSPS) is 10.9. The molecule has 0 radical (unpaired) electrons. The molecule has 0 saturated heterocycles. The highest BCUT2D eigenvalue weighted by molar-refractivity contribution is 6.33. The van der Waals surface area contributed by atoms with Gasteiger partial charge in [-0.15, -0.1) is 13.2 Å². The number of alkyl halides is 3. The number of benzene rings is 1. The summed E-state index contributed by atoms with van der Waals surface area (Å²) in [5, 5.41) is 8.12. The second kappa shape index (κ2) is 3.87. The Bertz CT molecular complexity index is 425. The first-order valence-corrected chi connectivity index (χ1v) is 3.97. The molecule has 0 saturated carbocycles. The number of rotatable bonds is 1. The summed E-state index contributed by atoms with van der Waals surface area (Å²) < 4.78 is 39.2. The largest absolute Gasteiger partial charge is 0.573 e. The number of nitriles is 1. The van der Waals surface area contributed by atoms with Crippen LogP contribution < -0.4 is 10.5 Å². The first kappa shape index (κ1) is 11.5. The van der Waals surface area contributed by atoms with Crippen LogP contribution in [-0.2, 0) is 0 Å². The number of nitrogens with two attached hydrogens (primary N) is 1. The number of nitrogen functional groups attached to an aromatic ring is 1. The SMILES string of the molecule is N#Cc1c(N)ccc(OC(F)(F)F)c1Cl. The Morgan fingerprint density at radius 1 is 1.40 bits per heavy atom. The Balaban J connectivity index is 3.18. The average Bonchev–Trinajstić information content (AvgIpc) is 2.09. The lowest BCUT2D eigenvalue weighted by Crippen LogP contribution is -2.17. The molecule has 0 atom stereocenters. The van der Waals surface area contributed by atoms with Crippen molar-refractivity contribution in [1.82, 2.24) is 0 Å². The Morgan fingerprint density at radius 2 is 2.00 bits per heavy atom. The van der Waals surface area contributed by atoms with Crippen LogP contribution in [0.15, 0.2) is 12.1 Å². The van der Waals surface area contributed by atoms with Crippen molar-refractivity contribution >= 4 is 17.3 Å². The molecular formula is C8H4ClF3N2O. The van der Waals surface area contributed by atoms with Crippen molar-refractivity contribution < 1.29 is 17.9 Å². The van der Waals surface area contributed by atoms with Crippen LogP contribution in [0.3, 0.4) is 0 Å². The number of halogens is 4. The van der Waals surface area contributed by atoms with Crippen molar-refractivity contribution in [2.75, 3.05) is 5.73 Å². The standard InChI is InChI=1S/C8H4ClF3N2O/c9-7-4(3-13)5(14)1-2-6(7)15-8(10,11)12/h1-2H,14H2. The second-order valence-corrected chi connectivity index (χ2v) is 2.88. The van der Waals surface area contributed by atoms with Crippen LogP contribution in [0, 0.1) is 11.3 Å². The molecule has 0 unspecified atom stereocenters. The molecule has 0 aliphatic rings. The molecule has 1 aromatic carbocycles. The van der Waals surface area contributed by atoms with E-state index in [1.54, 1.807) is 6.07 Å². The summed E-state index contributed by atoms with van der Waals surface area (Å²) in [7, 11) is 0. The number of hydrogen-bond acceptors (Lipinski definition) is 3. The van der Waals surface area contributed by atoms with Crippen molar-refractivity contribution in [1.29, 1.82) is 5.26 Å². The third kappa shape index (κ3) is 2.67. The fraction of sp³-hybridized carbons (Fsp3) is 0.125. The molecule has 0 amide bonds. The van der Waals surface area contributed by atoms with Crippen LogP contribution in [0.1, 0.15) is 5.56 Å². The number of ether oxygens (including phenoxy) is 1. The van der Waals surface area contributed by atoms with Crippen LogP contribution in [0.4, 0.5) is 18.9 Å². The van der Waals surface area contributed by atoms with Crippen molar-refractivity contribution in [3.8, 4) is 11.8 Å². The topological polar surface area (TPSA) is 59.0 Å². The molecule has 0 fully saturated rings. The summed E-state index contributed by atoms with van der Waals surface area (Å²) in [6.45, 7) is 0. The van der Waals surface area contributed by atoms with Gasteiger partial charge in [-0.2, -0.15) is 5.26 Å². The van der Waals surface area contributed by atoms with Gasteiger partial charge in [0, 0.05) is 0 Å². The molecule has 2 N–H and O–H groups in total. The van der Waals surface area contributed by atoms with Crippen molar-refractivity contribution in [2.24, 2.45) is 0 Å². The van der Waals surface area contributed by atoms with E-state index in [4.69, 9.17) is 22.6 Å². The Labute approximate surface area is 87.8 Å². The molecule has 3 nitrogen and oxygen atoms in total. The van der Waals surface area contributed by atoms with Gasteiger partial charge in [-0.3, -0.25) is 0 Å². The van der Waals surface area contributed by atoms with Crippen molar-refractivity contribution in [3.05, 3.63) is 22.7 Å². The highest BCUT2D eigenvalue weighted by Gasteiger charge is 2.32. The fourth-order valence-electron chi connectivity index (χ4n) is 0.889. The summed E-state index contributed by atoms with van der Waals surface area (Å²) in [6, 6.07) is 3.65. The first-order valence-electron chi connectivity index (χ1n) is 3.59. The van der Waals surface area contributed by atoms with E-state index < -0.39 is 17.1 Å². The Kier molecular flexibility index (Phi) is 2.95. The van der Waals surface area contributed by atoms with E-state index in [9.17, 15) is 13.2 Å². The summed E-state index contributed by atoms with van der Waals surface area (Å²) in [6.07, 6.45) is -4.85. The zero-order valence-electron chi connectivity index (χ0n) is 7.10. The van der Waals surface area contributed by atoms with E-state index in [0.29, 0.717) is 0 Å². The maximum Gasteiger partial charge on any atom is 0.573 e. The lowest BCUT2D eigenvalue weighted by Gasteiger charge is -2.11. The highest BCUT2D eigenvalue weighted by Crippen LogP contribution is 2.34. The fourth-order valence-corrected chi connectivity index (χ4v) is 1.14. The monoisotopic (exact) mass is 236 g/mol. The smallest absolute Gasteiger partial charge is 0.404 e. The molecule has 1 rings (SSSR count). The van der Waals surface area contributed by atoms with Gasteiger partial charge < -0.3 is 10.5 Å². The van der Waals surface area contributed by atoms with E-state index in [0.717, 1.165) is 12.1 Å². The molecule has 0 aromatic heterocycles. The van der Waals surface area contributed by atoms with E-state index in [-0.39, 0.29) is 11.3 Å². The molecule has 0 aliphatic heterocycles. The zero-order valence-corrected chi connectivity index (χ0v) is 7.86. The van der Waals surface area contributed by atoms with Gasteiger partial charge in [0.15, 0.2) is 0 Å². The van der Waals surface area contributed by atoms with Crippen LogP contribution in [0.5, 0.6) is 5.75 Å². The number of anilines is 1. The zero-order chi connectivity index (χ0) is 11.6. The summed E-state index contributed by atoms with van der Waals surface area (Å²) >= 11 is 5.49.